The number of aliphatic imine (C=N–C) groups is 1. The third-order valence-corrected chi connectivity index (χ3v) is 7.68. The highest BCUT2D eigenvalue weighted by atomic mass is 16.2. The largest absolute Gasteiger partial charge is 0.366 e. The summed E-state index contributed by atoms with van der Waals surface area (Å²) in [4.78, 5) is 24.4. The highest BCUT2D eigenvalue weighted by Gasteiger charge is 2.35. The van der Waals surface area contributed by atoms with Crippen molar-refractivity contribution < 1.29 is 4.79 Å². The molecule has 1 saturated carbocycles. The fourth-order valence-electron chi connectivity index (χ4n) is 5.65. The Morgan fingerprint density at radius 2 is 1.97 bits per heavy atom. The lowest BCUT2D eigenvalue weighted by atomic mass is 10.1. The standard InChI is InChI=1S/C28H40N6O/c1-4-6-24(25-7-5-14-33(25)21(2)3)29-12-10-22-19-27-26(11-13-30-34(27)20-22)31-15-17-32(18-16-31)28(35)23-8-9-23/h6,11-13,19-21,23,25H,4-5,7-10,14-18H2,1-3H3/b24-6-,29-12-/t25-/m0/s1. The zero-order chi connectivity index (χ0) is 24.4. The third kappa shape index (κ3) is 5.30. The van der Waals surface area contributed by atoms with Crippen LogP contribution in [0.4, 0.5) is 5.69 Å². The van der Waals surface area contributed by atoms with E-state index in [1.807, 2.05) is 10.7 Å². The summed E-state index contributed by atoms with van der Waals surface area (Å²) in [6.07, 6.45) is 14.8. The van der Waals surface area contributed by atoms with Gasteiger partial charge in [0.05, 0.1) is 22.9 Å². The number of aromatic nitrogens is 2. The van der Waals surface area contributed by atoms with E-state index in [9.17, 15) is 4.79 Å². The van der Waals surface area contributed by atoms with Gasteiger partial charge in [-0.25, -0.2) is 4.52 Å². The number of allylic oxidation sites excluding steroid dienone is 1. The van der Waals surface area contributed by atoms with Crippen LogP contribution >= 0.6 is 0 Å². The van der Waals surface area contributed by atoms with Crippen LogP contribution in [0.15, 0.2) is 41.3 Å². The van der Waals surface area contributed by atoms with Gasteiger partial charge in [-0.2, -0.15) is 5.10 Å². The highest BCUT2D eigenvalue weighted by Crippen LogP contribution is 2.32. The van der Waals surface area contributed by atoms with E-state index in [-0.39, 0.29) is 0 Å². The molecule has 5 rings (SSSR count). The molecular formula is C28H40N6O. The topological polar surface area (TPSA) is 56.4 Å². The number of amides is 1. The molecule has 35 heavy (non-hydrogen) atoms. The maximum Gasteiger partial charge on any atom is 0.225 e. The summed E-state index contributed by atoms with van der Waals surface area (Å²) in [5.74, 6) is 0.665. The molecule has 188 valence electrons. The van der Waals surface area contributed by atoms with Crippen LogP contribution in [0.2, 0.25) is 0 Å². The van der Waals surface area contributed by atoms with Crippen molar-refractivity contribution in [2.45, 2.75) is 71.4 Å². The van der Waals surface area contributed by atoms with Crippen LogP contribution < -0.4 is 4.90 Å². The Hall–Kier alpha value is -2.67. The van der Waals surface area contributed by atoms with Crippen LogP contribution in [0.1, 0.15) is 58.4 Å². The number of anilines is 1. The molecule has 3 aliphatic rings. The second kappa shape index (κ2) is 10.5. The van der Waals surface area contributed by atoms with Gasteiger partial charge in [0.2, 0.25) is 5.91 Å². The lowest BCUT2D eigenvalue weighted by molar-refractivity contribution is -0.132. The van der Waals surface area contributed by atoms with E-state index in [0.29, 0.717) is 23.9 Å². The number of rotatable bonds is 8. The summed E-state index contributed by atoms with van der Waals surface area (Å²) in [7, 11) is 0. The van der Waals surface area contributed by atoms with Crippen LogP contribution in [0, 0.1) is 5.92 Å². The van der Waals surface area contributed by atoms with Crippen LogP contribution in [0.5, 0.6) is 0 Å². The van der Waals surface area contributed by atoms with Crippen molar-refractivity contribution in [3.8, 4) is 0 Å². The molecule has 2 aromatic heterocycles. The average Bonchev–Trinajstić information content (AvgIpc) is 3.43. The molecule has 4 heterocycles. The number of piperazine rings is 1. The van der Waals surface area contributed by atoms with Crippen molar-refractivity contribution in [1.29, 1.82) is 0 Å². The van der Waals surface area contributed by atoms with Gasteiger partial charge in [0.15, 0.2) is 0 Å². The van der Waals surface area contributed by atoms with E-state index >= 15 is 0 Å². The molecule has 2 aliphatic heterocycles. The maximum absolute atomic E-state index is 12.4. The quantitative estimate of drug-likeness (QED) is 0.537. The molecule has 1 amide bonds. The van der Waals surface area contributed by atoms with Gasteiger partial charge in [-0.3, -0.25) is 14.7 Å². The number of hydrogen-bond acceptors (Lipinski definition) is 5. The number of hydrogen-bond donors (Lipinski definition) is 0. The summed E-state index contributed by atoms with van der Waals surface area (Å²) in [6, 6.07) is 5.34. The first-order chi connectivity index (χ1) is 17.0. The van der Waals surface area contributed by atoms with E-state index in [2.05, 4.69) is 71.2 Å². The van der Waals surface area contributed by atoms with Gasteiger partial charge in [0.25, 0.3) is 0 Å². The minimum atomic E-state index is 0.304. The monoisotopic (exact) mass is 476 g/mol. The molecule has 0 aromatic carbocycles. The summed E-state index contributed by atoms with van der Waals surface area (Å²) in [5.41, 5.74) is 4.77. The summed E-state index contributed by atoms with van der Waals surface area (Å²) < 4.78 is 1.99. The molecule has 1 atom stereocenters. The fourth-order valence-corrected chi connectivity index (χ4v) is 5.65. The fraction of sp³-hybridized carbons (Fsp3) is 0.607. The second-order valence-corrected chi connectivity index (χ2v) is 10.5. The predicted octanol–water partition coefficient (Wildman–Crippen LogP) is 4.17. The summed E-state index contributed by atoms with van der Waals surface area (Å²) in [5, 5.41) is 4.56. The number of carbonyl (C=O) groups excluding carboxylic acids is 1. The molecular weight excluding hydrogens is 436 g/mol. The van der Waals surface area contributed by atoms with E-state index in [1.54, 1.807) is 0 Å². The Morgan fingerprint density at radius 3 is 2.69 bits per heavy atom. The van der Waals surface area contributed by atoms with E-state index in [0.717, 1.165) is 57.4 Å². The first-order valence-corrected chi connectivity index (χ1v) is 13.5. The van der Waals surface area contributed by atoms with Gasteiger partial charge in [-0.05, 0) is 70.2 Å². The minimum Gasteiger partial charge on any atom is -0.366 e. The number of carbonyl (C=O) groups is 1. The zero-order valence-corrected chi connectivity index (χ0v) is 21.6. The molecule has 0 unspecified atom stereocenters. The van der Waals surface area contributed by atoms with Crippen LogP contribution in [-0.2, 0) is 11.2 Å². The number of nitrogens with zero attached hydrogens (tertiary/aromatic N) is 6. The van der Waals surface area contributed by atoms with Gasteiger partial charge < -0.3 is 9.80 Å². The molecule has 2 saturated heterocycles. The predicted molar refractivity (Wildman–Crippen MR) is 142 cm³/mol. The molecule has 1 aliphatic carbocycles. The second-order valence-electron chi connectivity index (χ2n) is 10.5. The van der Waals surface area contributed by atoms with E-state index < -0.39 is 0 Å². The smallest absolute Gasteiger partial charge is 0.225 e. The van der Waals surface area contributed by atoms with Crippen LogP contribution in [0.3, 0.4) is 0 Å². The van der Waals surface area contributed by atoms with Crippen molar-refractivity contribution in [3.63, 3.8) is 0 Å². The average molecular weight is 477 g/mol. The Balaban J connectivity index is 1.26. The number of fused-ring (bicyclic) bond motifs is 1. The Morgan fingerprint density at radius 1 is 1.17 bits per heavy atom. The van der Waals surface area contributed by atoms with Crippen molar-refractivity contribution in [3.05, 3.63) is 41.9 Å². The molecule has 2 aromatic rings. The van der Waals surface area contributed by atoms with Crippen molar-refractivity contribution in [2.24, 2.45) is 10.9 Å². The molecule has 3 fully saturated rings. The molecule has 7 nitrogen and oxygen atoms in total. The Labute approximate surface area is 209 Å². The summed E-state index contributed by atoms with van der Waals surface area (Å²) >= 11 is 0. The highest BCUT2D eigenvalue weighted by molar-refractivity contribution is 5.81. The number of likely N-dealkylation sites (tertiary alicyclic amines) is 1. The molecule has 0 spiro atoms. The van der Waals surface area contributed by atoms with E-state index in [4.69, 9.17) is 4.99 Å². The van der Waals surface area contributed by atoms with Crippen molar-refractivity contribution in [1.82, 2.24) is 19.4 Å². The first-order valence-electron chi connectivity index (χ1n) is 13.5. The lowest BCUT2D eigenvalue weighted by Crippen LogP contribution is -2.49. The Bertz CT molecular complexity index is 1090. The van der Waals surface area contributed by atoms with Crippen molar-refractivity contribution in [2.75, 3.05) is 37.6 Å². The molecule has 7 heteroatoms. The van der Waals surface area contributed by atoms with Gasteiger partial charge >= 0.3 is 0 Å². The molecule has 0 bridgehead atoms. The molecule has 0 N–H and O–H groups in total. The van der Waals surface area contributed by atoms with Crippen molar-refractivity contribution >= 4 is 23.3 Å². The van der Waals surface area contributed by atoms with Gasteiger partial charge in [-0.1, -0.05) is 13.0 Å². The third-order valence-electron chi connectivity index (χ3n) is 7.68. The van der Waals surface area contributed by atoms with Crippen LogP contribution in [-0.4, -0.2) is 76.3 Å². The van der Waals surface area contributed by atoms with Crippen LogP contribution in [0.25, 0.3) is 5.52 Å². The van der Waals surface area contributed by atoms with Gasteiger partial charge in [-0.15, -0.1) is 0 Å². The minimum absolute atomic E-state index is 0.304. The Kier molecular flexibility index (Phi) is 7.23. The first kappa shape index (κ1) is 24.0. The lowest BCUT2D eigenvalue weighted by Gasteiger charge is -2.36. The zero-order valence-electron chi connectivity index (χ0n) is 21.6. The van der Waals surface area contributed by atoms with E-state index in [1.165, 1.54) is 36.3 Å². The van der Waals surface area contributed by atoms with Gasteiger partial charge in [0, 0.05) is 63.2 Å². The maximum atomic E-state index is 12.4. The summed E-state index contributed by atoms with van der Waals surface area (Å²) in [6.45, 7) is 11.3. The van der Waals surface area contributed by atoms with Gasteiger partial charge in [0.1, 0.15) is 0 Å². The normalized spacial score (nSPS) is 22.3. The molecule has 0 radical (unpaired) electrons. The SMILES string of the molecule is CC/C=C(\N=C/Cc1cc2c(N3CCN(C(=O)C4CC4)CC3)ccnn2c1)[C@@H]1CCCN1C(C)C.